The van der Waals surface area contributed by atoms with Crippen LogP contribution in [0.5, 0.6) is 5.75 Å². The Morgan fingerprint density at radius 3 is 2.68 bits per heavy atom. The van der Waals surface area contributed by atoms with Gasteiger partial charge in [0.2, 0.25) is 0 Å². The van der Waals surface area contributed by atoms with Gasteiger partial charge >= 0.3 is 6.18 Å². The number of aliphatic imine (C=N–C) groups is 1. The summed E-state index contributed by atoms with van der Waals surface area (Å²) in [6.45, 7) is -0.692. The molecule has 2 aromatic rings. The molecule has 4 rings (SSSR count). The second kappa shape index (κ2) is 8.36. The van der Waals surface area contributed by atoms with Crippen LogP contribution in [-0.2, 0) is 5.54 Å². The van der Waals surface area contributed by atoms with Gasteiger partial charge in [0.15, 0.2) is 23.4 Å². The first-order valence-corrected chi connectivity index (χ1v) is 10.8. The van der Waals surface area contributed by atoms with Crippen molar-refractivity contribution in [2.45, 2.75) is 29.8 Å². The quantitative estimate of drug-likeness (QED) is 0.564. The van der Waals surface area contributed by atoms with Gasteiger partial charge in [-0.3, -0.25) is 9.79 Å². The van der Waals surface area contributed by atoms with Crippen LogP contribution in [0.25, 0.3) is 0 Å². The summed E-state index contributed by atoms with van der Waals surface area (Å²) in [5.74, 6) is -3.89. The Hall–Kier alpha value is -2.96. The first-order chi connectivity index (χ1) is 15.9. The number of benzene rings is 1. The number of thioether (sulfide) groups is 1. The van der Waals surface area contributed by atoms with Gasteiger partial charge in [0, 0.05) is 23.2 Å². The number of nitrogens with two attached hydrogens (primary N) is 1. The van der Waals surface area contributed by atoms with Crippen LogP contribution in [0.3, 0.4) is 0 Å². The number of amidine groups is 1. The second-order valence-electron chi connectivity index (χ2n) is 8.21. The lowest BCUT2D eigenvalue weighted by Gasteiger charge is -2.33. The fourth-order valence-corrected chi connectivity index (χ4v) is 5.39. The number of aromatic nitrogens is 1. The van der Waals surface area contributed by atoms with Gasteiger partial charge in [-0.2, -0.15) is 13.2 Å². The molecule has 0 bridgehead atoms. The number of nitrogens with zero attached hydrogens (tertiary/aromatic N) is 2. The van der Waals surface area contributed by atoms with Gasteiger partial charge in [-0.25, -0.2) is 18.2 Å². The van der Waals surface area contributed by atoms with Gasteiger partial charge in [0.05, 0.1) is 16.5 Å². The number of hydrogen-bond acceptors (Lipinski definition) is 6. The third-order valence-corrected chi connectivity index (χ3v) is 7.05. The van der Waals surface area contributed by atoms with Gasteiger partial charge < -0.3 is 15.8 Å². The fourth-order valence-electron chi connectivity index (χ4n) is 4.06. The highest BCUT2D eigenvalue weighted by Crippen LogP contribution is 2.66. The number of rotatable bonds is 6. The van der Waals surface area contributed by atoms with E-state index in [1.807, 2.05) is 0 Å². The molecule has 0 spiro atoms. The van der Waals surface area contributed by atoms with Crippen LogP contribution in [0.15, 0.2) is 35.5 Å². The molecule has 1 aromatic carbocycles. The molecular formula is C21H18F6N4O2S. The highest BCUT2D eigenvalue weighted by Gasteiger charge is 2.66. The molecular weight excluding hydrogens is 486 g/mol. The van der Waals surface area contributed by atoms with E-state index in [0.29, 0.717) is 6.42 Å². The summed E-state index contributed by atoms with van der Waals surface area (Å²) >= 11 is 1.07. The number of hydrogen-bond donors (Lipinski definition) is 2. The molecule has 2 aliphatic rings. The number of halogens is 6. The zero-order chi connectivity index (χ0) is 24.9. The van der Waals surface area contributed by atoms with Crippen LogP contribution in [-0.4, -0.2) is 40.3 Å². The van der Waals surface area contributed by atoms with Gasteiger partial charge in [-0.1, -0.05) is 11.8 Å². The molecule has 3 N–H and O–H groups in total. The lowest BCUT2D eigenvalue weighted by molar-refractivity contribution is -0.153. The molecule has 3 atom stereocenters. The van der Waals surface area contributed by atoms with Crippen molar-refractivity contribution >= 4 is 28.5 Å². The molecule has 1 aliphatic heterocycles. The average molecular weight is 504 g/mol. The van der Waals surface area contributed by atoms with Crippen LogP contribution in [0.2, 0.25) is 0 Å². The van der Waals surface area contributed by atoms with Gasteiger partial charge in [0.25, 0.3) is 5.91 Å². The number of nitrogens with one attached hydrogen (secondary N) is 1. The number of amides is 1. The molecule has 0 radical (unpaired) electrons. The molecule has 0 unspecified atom stereocenters. The lowest BCUT2D eigenvalue weighted by atomic mass is 9.85. The normalized spacial score (nSPS) is 25.9. The van der Waals surface area contributed by atoms with E-state index >= 15 is 0 Å². The van der Waals surface area contributed by atoms with E-state index in [1.165, 1.54) is 13.0 Å². The summed E-state index contributed by atoms with van der Waals surface area (Å²) in [5, 5.41) is 2.43. The molecule has 13 heteroatoms. The number of fused-ring (bicyclic) bond motifs is 1. The van der Waals surface area contributed by atoms with Crippen molar-refractivity contribution in [3.05, 3.63) is 53.4 Å². The number of ether oxygens (including phenoxy) is 1. The second-order valence-corrected chi connectivity index (χ2v) is 9.65. The molecule has 6 nitrogen and oxygen atoms in total. The predicted molar refractivity (Wildman–Crippen MR) is 113 cm³/mol. The first-order valence-electron chi connectivity index (χ1n) is 9.94. The van der Waals surface area contributed by atoms with Gasteiger partial charge in [-0.15, -0.1) is 0 Å². The van der Waals surface area contributed by atoms with E-state index < -0.39 is 53.2 Å². The molecule has 1 amide bonds. The monoisotopic (exact) mass is 504 g/mol. The fraction of sp³-hybridized carbons (Fsp3) is 0.381. The van der Waals surface area contributed by atoms with Crippen LogP contribution < -0.4 is 15.8 Å². The third-order valence-electron chi connectivity index (χ3n) is 5.78. The molecule has 1 fully saturated rings. The number of carbonyl (C=O) groups is 1. The standard InChI is InChI=1S/C21H18F6N4O2S/c1-19(15-6-20(15,8-22)34-18(28)31-19)12-4-10(5-13(23)16(12)24)30-17(32)14-3-2-11(7-29-14)33-9-21(25,26)27/h2-5,7,15H,6,8-9H2,1H3,(H2,28,31)(H,30,32)/t15-,19-,20+/m0/s1. The van der Waals surface area contributed by atoms with Gasteiger partial charge in [0.1, 0.15) is 18.1 Å². The minimum absolute atomic E-state index is 0.0557. The van der Waals surface area contributed by atoms with Gasteiger partial charge in [-0.05, 0) is 31.5 Å². The number of alkyl halides is 4. The van der Waals surface area contributed by atoms with Crippen LogP contribution in [0.4, 0.5) is 32.0 Å². The molecule has 0 saturated heterocycles. The van der Waals surface area contributed by atoms with Crippen LogP contribution >= 0.6 is 11.8 Å². The Morgan fingerprint density at radius 2 is 2.06 bits per heavy atom. The summed E-state index contributed by atoms with van der Waals surface area (Å²) in [4.78, 5) is 20.5. The van der Waals surface area contributed by atoms with Crippen LogP contribution in [0.1, 0.15) is 29.4 Å². The maximum atomic E-state index is 14.8. The molecule has 34 heavy (non-hydrogen) atoms. The Labute approximate surface area is 194 Å². The minimum Gasteiger partial charge on any atom is -0.483 e. The van der Waals surface area contributed by atoms with E-state index in [1.54, 1.807) is 0 Å². The summed E-state index contributed by atoms with van der Waals surface area (Å²) in [7, 11) is 0. The van der Waals surface area contributed by atoms with Crippen molar-refractivity contribution in [2.24, 2.45) is 16.6 Å². The van der Waals surface area contributed by atoms with Crippen molar-refractivity contribution in [3.8, 4) is 5.75 Å². The topological polar surface area (TPSA) is 89.6 Å². The Kier molecular flexibility index (Phi) is 5.95. The molecule has 1 aliphatic carbocycles. The van der Waals surface area contributed by atoms with E-state index in [0.717, 1.165) is 36.2 Å². The third kappa shape index (κ3) is 4.52. The van der Waals surface area contributed by atoms with E-state index in [-0.39, 0.29) is 27.9 Å². The Bertz CT molecular complexity index is 1160. The van der Waals surface area contributed by atoms with E-state index in [4.69, 9.17) is 5.73 Å². The lowest BCUT2D eigenvalue weighted by Crippen LogP contribution is -2.37. The molecule has 2 heterocycles. The Morgan fingerprint density at radius 1 is 1.32 bits per heavy atom. The van der Waals surface area contributed by atoms with Crippen molar-refractivity contribution in [3.63, 3.8) is 0 Å². The molecule has 1 saturated carbocycles. The number of pyridine rings is 1. The van der Waals surface area contributed by atoms with Crippen molar-refractivity contribution in [1.29, 1.82) is 0 Å². The first kappa shape index (κ1) is 24.2. The Balaban J connectivity index is 1.56. The molecule has 182 valence electrons. The zero-order valence-electron chi connectivity index (χ0n) is 17.5. The summed E-state index contributed by atoms with van der Waals surface area (Å²) in [5.41, 5.74) is 4.00. The highest BCUT2D eigenvalue weighted by molar-refractivity contribution is 8.15. The number of carbonyl (C=O) groups excluding carboxylic acids is 1. The van der Waals surface area contributed by atoms with Crippen molar-refractivity contribution in [2.75, 3.05) is 18.6 Å². The van der Waals surface area contributed by atoms with E-state index in [2.05, 4.69) is 20.0 Å². The minimum atomic E-state index is -4.53. The number of anilines is 1. The van der Waals surface area contributed by atoms with Crippen LogP contribution in [0, 0.1) is 17.6 Å². The summed E-state index contributed by atoms with van der Waals surface area (Å²) < 4.78 is 83.3. The van der Waals surface area contributed by atoms with Crippen molar-refractivity contribution in [1.82, 2.24) is 4.98 Å². The van der Waals surface area contributed by atoms with E-state index in [9.17, 15) is 31.1 Å². The maximum Gasteiger partial charge on any atom is 0.422 e. The van der Waals surface area contributed by atoms with Crippen molar-refractivity contribution < 1.29 is 35.9 Å². The predicted octanol–water partition coefficient (Wildman–Crippen LogP) is 4.56. The smallest absolute Gasteiger partial charge is 0.422 e. The highest BCUT2D eigenvalue weighted by atomic mass is 32.2. The largest absolute Gasteiger partial charge is 0.483 e. The maximum absolute atomic E-state index is 14.8. The summed E-state index contributed by atoms with van der Waals surface area (Å²) in [6.07, 6.45) is -3.23. The zero-order valence-corrected chi connectivity index (χ0v) is 18.4. The summed E-state index contributed by atoms with van der Waals surface area (Å²) in [6, 6.07) is 4.20. The SMILES string of the molecule is C[C@@]1(c2cc(NC(=O)c3ccc(OCC(F)(F)F)cn3)cc(F)c2F)N=C(N)S[C@@]2(CF)C[C@H]21. The average Bonchev–Trinajstić information content (AvgIpc) is 3.50. The molecule has 1 aromatic heterocycles.